The monoisotopic (exact) mass is 406 g/mol. The molecular formula is C24H28N3O3+. The van der Waals surface area contributed by atoms with Gasteiger partial charge in [0.1, 0.15) is 12.3 Å². The van der Waals surface area contributed by atoms with Crippen molar-refractivity contribution in [1.82, 2.24) is 4.90 Å². The molecule has 0 aromatic heterocycles. The van der Waals surface area contributed by atoms with E-state index in [2.05, 4.69) is 35.6 Å². The van der Waals surface area contributed by atoms with Crippen LogP contribution < -0.4 is 15.0 Å². The average molecular weight is 407 g/mol. The summed E-state index contributed by atoms with van der Waals surface area (Å²) in [6, 6.07) is 21.7. The highest BCUT2D eigenvalue weighted by Gasteiger charge is 2.17. The lowest BCUT2D eigenvalue weighted by atomic mass is 10.1. The summed E-state index contributed by atoms with van der Waals surface area (Å²) in [6.45, 7) is 1.05. The predicted molar refractivity (Wildman–Crippen MR) is 119 cm³/mol. The van der Waals surface area contributed by atoms with E-state index in [-0.39, 0.29) is 18.4 Å². The molecule has 0 saturated carbocycles. The number of hydrogen-bond acceptors (Lipinski definition) is 3. The lowest BCUT2D eigenvalue weighted by Crippen LogP contribution is -3.08. The fraction of sp³-hybridized carbons (Fsp3) is 0.250. The third kappa shape index (κ3) is 5.81. The second-order valence-electron chi connectivity index (χ2n) is 7.52. The van der Waals surface area contributed by atoms with Gasteiger partial charge in [-0.15, -0.1) is 0 Å². The molecular weight excluding hydrogens is 378 g/mol. The smallest absolute Gasteiger partial charge is 0.277 e. The fourth-order valence-electron chi connectivity index (χ4n) is 3.36. The van der Waals surface area contributed by atoms with Crippen molar-refractivity contribution in [3.05, 3.63) is 72.3 Å². The van der Waals surface area contributed by atoms with Crippen molar-refractivity contribution >= 4 is 28.3 Å². The lowest BCUT2D eigenvalue weighted by molar-refractivity contribution is -0.885. The van der Waals surface area contributed by atoms with Crippen LogP contribution in [-0.2, 0) is 16.1 Å². The Morgan fingerprint density at radius 3 is 2.53 bits per heavy atom. The highest BCUT2D eigenvalue weighted by molar-refractivity contribution is 5.94. The van der Waals surface area contributed by atoms with Gasteiger partial charge in [-0.3, -0.25) is 9.59 Å². The maximum atomic E-state index is 12.5. The maximum Gasteiger partial charge on any atom is 0.277 e. The largest absolute Gasteiger partial charge is 0.497 e. The van der Waals surface area contributed by atoms with Gasteiger partial charge >= 0.3 is 0 Å². The Bertz CT molecular complexity index is 1030. The van der Waals surface area contributed by atoms with Crippen molar-refractivity contribution in [3.63, 3.8) is 0 Å². The standard InChI is InChI=1S/C24H27N3O3/c1-26(15-18-11-12-19-7-4-5-8-20(19)13-18)17-24(29)27(2)16-23(28)25-21-9-6-10-22(14-21)30-3/h4-14H,15-17H2,1-3H3,(H,25,28)/p+1. The van der Waals surface area contributed by atoms with Crippen LogP contribution in [0.25, 0.3) is 10.8 Å². The Labute approximate surface area is 177 Å². The van der Waals surface area contributed by atoms with Crippen LogP contribution in [0.3, 0.4) is 0 Å². The molecule has 3 rings (SSSR count). The number of fused-ring (bicyclic) bond motifs is 1. The molecule has 6 heteroatoms. The second kappa shape index (κ2) is 9.89. The topological polar surface area (TPSA) is 63.1 Å². The van der Waals surface area contributed by atoms with Crippen molar-refractivity contribution in [2.75, 3.05) is 39.6 Å². The van der Waals surface area contributed by atoms with Gasteiger partial charge in [-0.2, -0.15) is 0 Å². The number of carbonyl (C=O) groups excluding carboxylic acids is 2. The lowest BCUT2D eigenvalue weighted by Gasteiger charge is -2.20. The third-order valence-electron chi connectivity index (χ3n) is 4.93. The average Bonchev–Trinajstić information content (AvgIpc) is 2.73. The van der Waals surface area contributed by atoms with Crippen LogP contribution in [0.5, 0.6) is 5.75 Å². The van der Waals surface area contributed by atoms with Crippen LogP contribution in [-0.4, -0.2) is 51.0 Å². The maximum absolute atomic E-state index is 12.5. The number of rotatable bonds is 8. The molecule has 6 nitrogen and oxygen atoms in total. The summed E-state index contributed by atoms with van der Waals surface area (Å²) < 4.78 is 5.15. The molecule has 2 N–H and O–H groups in total. The number of methoxy groups -OCH3 is 1. The number of quaternary nitrogens is 1. The molecule has 0 saturated heterocycles. The Morgan fingerprint density at radius 1 is 1.00 bits per heavy atom. The number of amides is 2. The number of nitrogens with one attached hydrogen (secondary N) is 2. The fourth-order valence-corrected chi connectivity index (χ4v) is 3.36. The number of likely N-dealkylation sites (N-methyl/N-ethyl adjacent to an activating group) is 2. The normalized spacial score (nSPS) is 11.7. The first-order valence-corrected chi connectivity index (χ1v) is 9.91. The molecule has 0 heterocycles. The molecule has 1 atom stereocenters. The van der Waals surface area contributed by atoms with E-state index < -0.39 is 0 Å². The predicted octanol–water partition coefficient (Wildman–Crippen LogP) is 1.96. The molecule has 0 bridgehead atoms. The molecule has 156 valence electrons. The SMILES string of the molecule is COc1cccc(NC(=O)CN(C)C(=O)C[NH+](C)Cc2ccc3ccccc3c2)c1. The molecule has 0 aliphatic heterocycles. The van der Waals surface area contributed by atoms with E-state index in [1.807, 2.05) is 19.2 Å². The van der Waals surface area contributed by atoms with E-state index in [0.717, 1.165) is 11.4 Å². The van der Waals surface area contributed by atoms with Gasteiger partial charge in [0.05, 0.1) is 20.7 Å². The van der Waals surface area contributed by atoms with Crippen LogP contribution in [0.2, 0.25) is 0 Å². The molecule has 3 aromatic rings. The van der Waals surface area contributed by atoms with Crippen LogP contribution in [0.15, 0.2) is 66.7 Å². The Hall–Kier alpha value is -3.38. The van der Waals surface area contributed by atoms with Crippen molar-refractivity contribution in [2.45, 2.75) is 6.54 Å². The minimum Gasteiger partial charge on any atom is -0.497 e. The van der Waals surface area contributed by atoms with Crippen LogP contribution in [0.1, 0.15) is 5.56 Å². The first-order chi connectivity index (χ1) is 14.4. The third-order valence-corrected chi connectivity index (χ3v) is 4.93. The number of carbonyl (C=O) groups is 2. The van der Waals surface area contributed by atoms with Crippen LogP contribution >= 0.6 is 0 Å². The van der Waals surface area contributed by atoms with E-state index in [1.165, 1.54) is 21.2 Å². The molecule has 0 radical (unpaired) electrons. The van der Waals surface area contributed by atoms with E-state index in [0.29, 0.717) is 18.0 Å². The Balaban J connectivity index is 1.50. The summed E-state index contributed by atoms with van der Waals surface area (Å²) in [5, 5.41) is 5.19. The minimum absolute atomic E-state index is 0.000697. The van der Waals surface area contributed by atoms with Crippen molar-refractivity contribution in [3.8, 4) is 5.75 Å². The van der Waals surface area contributed by atoms with E-state index in [4.69, 9.17) is 4.74 Å². The van der Waals surface area contributed by atoms with Gasteiger partial charge in [0.2, 0.25) is 5.91 Å². The van der Waals surface area contributed by atoms with Crippen molar-refractivity contribution < 1.29 is 19.2 Å². The zero-order chi connectivity index (χ0) is 21.5. The van der Waals surface area contributed by atoms with Gasteiger partial charge in [0.15, 0.2) is 6.54 Å². The van der Waals surface area contributed by atoms with E-state index in [1.54, 1.807) is 38.4 Å². The van der Waals surface area contributed by atoms with Gasteiger partial charge in [0, 0.05) is 24.4 Å². The summed E-state index contributed by atoms with van der Waals surface area (Å²) in [4.78, 5) is 27.3. The molecule has 2 amide bonds. The summed E-state index contributed by atoms with van der Waals surface area (Å²) in [7, 11) is 5.21. The van der Waals surface area contributed by atoms with Gasteiger partial charge in [-0.05, 0) is 29.0 Å². The number of benzene rings is 3. The number of ether oxygens (including phenoxy) is 1. The van der Waals surface area contributed by atoms with E-state index in [9.17, 15) is 9.59 Å². The zero-order valence-electron chi connectivity index (χ0n) is 17.6. The molecule has 0 aliphatic carbocycles. The van der Waals surface area contributed by atoms with Crippen LogP contribution in [0, 0.1) is 0 Å². The first-order valence-electron chi connectivity index (χ1n) is 9.91. The van der Waals surface area contributed by atoms with Gasteiger partial charge in [-0.25, -0.2) is 0 Å². The summed E-state index contributed by atoms with van der Waals surface area (Å²) >= 11 is 0. The summed E-state index contributed by atoms with van der Waals surface area (Å²) in [6.07, 6.45) is 0. The highest BCUT2D eigenvalue weighted by Crippen LogP contribution is 2.17. The number of anilines is 1. The highest BCUT2D eigenvalue weighted by atomic mass is 16.5. The summed E-state index contributed by atoms with van der Waals surface area (Å²) in [5.41, 5.74) is 1.82. The minimum atomic E-state index is -0.244. The molecule has 3 aromatic carbocycles. The Morgan fingerprint density at radius 2 is 1.77 bits per heavy atom. The van der Waals surface area contributed by atoms with Gasteiger partial charge in [0.25, 0.3) is 5.91 Å². The zero-order valence-corrected chi connectivity index (χ0v) is 17.6. The molecule has 30 heavy (non-hydrogen) atoms. The van der Waals surface area contributed by atoms with Gasteiger partial charge < -0.3 is 19.9 Å². The Kier molecular flexibility index (Phi) is 7.03. The van der Waals surface area contributed by atoms with Crippen LogP contribution in [0.4, 0.5) is 5.69 Å². The molecule has 1 unspecified atom stereocenters. The first kappa shape index (κ1) is 21.3. The number of hydrogen-bond donors (Lipinski definition) is 2. The number of nitrogens with zero attached hydrogens (tertiary/aromatic N) is 1. The van der Waals surface area contributed by atoms with Gasteiger partial charge in [-0.1, -0.05) is 42.5 Å². The summed E-state index contributed by atoms with van der Waals surface area (Å²) in [5.74, 6) is 0.344. The molecule has 0 spiro atoms. The molecule has 0 fully saturated rings. The molecule has 0 aliphatic rings. The van der Waals surface area contributed by atoms with Crippen molar-refractivity contribution in [1.29, 1.82) is 0 Å². The van der Waals surface area contributed by atoms with E-state index >= 15 is 0 Å². The quantitative estimate of drug-likeness (QED) is 0.601. The van der Waals surface area contributed by atoms with Crippen molar-refractivity contribution in [2.24, 2.45) is 0 Å². The second-order valence-corrected chi connectivity index (χ2v) is 7.52.